The van der Waals surface area contributed by atoms with Crippen molar-refractivity contribution in [1.29, 1.82) is 0 Å². The van der Waals surface area contributed by atoms with Crippen molar-refractivity contribution in [1.82, 2.24) is 9.80 Å². The number of likely N-dealkylation sites (N-methyl/N-ethyl adjacent to an activating group) is 1. The van der Waals surface area contributed by atoms with Crippen molar-refractivity contribution in [2.45, 2.75) is 18.3 Å². The molecular formula is C14H17F3N2O2. The molecule has 1 fully saturated rings. The summed E-state index contributed by atoms with van der Waals surface area (Å²) in [6.07, 6.45) is -5.18. The van der Waals surface area contributed by atoms with Crippen LogP contribution in [0.3, 0.4) is 0 Å². The maximum Gasteiger partial charge on any atom is 0.416 e. The Morgan fingerprint density at radius 1 is 1.33 bits per heavy atom. The topological polar surface area (TPSA) is 43.8 Å². The van der Waals surface area contributed by atoms with E-state index in [1.165, 1.54) is 17.0 Å². The third kappa shape index (κ3) is 3.36. The molecule has 0 aromatic heterocycles. The van der Waals surface area contributed by atoms with E-state index < -0.39 is 23.8 Å². The SMILES string of the molecule is CN(C)[C@@H]1CN(C(=O)c2cccc(C(F)(F)F)c2)C[C@H]1O. The summed E-state index contributed by atoms with van der Waals surface area (Å²) in [6, 6.07) is 4.13. The first-order valence-electron chi connectivity index (χ1n) is 6.51. The standard InChI is InChI=1S/C14H17F3N2O2/c1-18(2)11-7-19(8-12(11)20)13(21)9-4-3-5-10(6-9)14(15,16)17/h3-6,11-12,20H,7-8H2,1-2H3/t11-,12-/m1/s1. The molecule has 1 aliphatic heterocycles. The van der Waals surface area contributed by atoms with Gasteiger partial charge in [0.1, 0.15) is 0 Å². The molecule has 2 rings (SSSR count). The minimum Gasteiger partial charge on any atom is -0.390 e. The fraction of sp³-hybridized carbons (Fsp3) is 0.500. The van der Waals surface area contributed by atoms with Gasteiger partial charge in [-0.05, 0) is 32.3 Å². The lowest BCUT2D eigenvalue weighted by atomic mass is 10.1. The second kappa shape index (κ2) is 5.65. The summed E-state index contributed by atoms with van der Waals surface area (Å²) in [4.78, 5) is 15.4. The molecule has 116 valence electrons. The van der Waals surface area contributed by atoms with Crippen LogP contribution in [-0.4, -0.2) is 60.1 Å². The van der Waals surface area contributed by atoms with Crippen LogP contribution in [0, 0.1) is 0 Å². The molecule has 1 saturated heterocycles. The summed E-state index contributed by atoms with van der Waals surface area (Å²) in [5, 5.41) is 9.89. The Morgan fingerprint density at radius 2 is 2.00 bits per heavy atom. The van der Waals surface area contributed by atoms with E-state index in [1.54, 1.807) is 19.0 Å². The molecule has 21 heavy (non-hydrogen) atoms. The van der Waals surface area contributed by atoms with Crippen molar-refractivity contribution in [3.8, 4) is 0 Å². The van der Waals surface area contributed by atoms with Crippen molar-refractivity contribution < 1.29 is 23.1 Å². The van der Waals surface area contributed by atoms with Gasteiger partial charge in [-0.2, -0.15) is 13.2 Å². The van der Waals surface area contributed by atoms with E-state index in [2.05, 4.69) is 0 Å². The number of nitrogens with zero attached hydrogens (tertiary/aromatic N) is 2. The van der Waals surface area contributed by atoms with Crippen LogP contribution in [0.4, 0.5) is 13.2 Å². The smallest absolute Gasteiger partial charge is 0.390 e. The molecule has 0 radical (unpaired) electrons. The molecule has 1 heterocycles. The molecule has 4 nitrogen and oxygen atoms in total. The van der Waals surface area contributed by atoms with E-state index in [9.17, 15) is 23.1 Å². The highest BCUT2D eigenvalue weighted by atomic mass is 19.4. The number of carbonyl (C=O) groups excluding carboxylic acids is 1. The number of β-amino-alcohol motifs (C(OH)–C–C–N with tert-alkyl or cyclic N) is 1. The zero-order valence-electron chi connectivity index (χ0n) is 11.8. The van der Waals surface area contributed by atoms with Gasteiger partial charge in [0.2, 0.25) is 0 Å². The maximum absolute atomic E-state index is 12.7. The molecule has 1 aromatic rings. The lowest BCUT2D eigenvalue weighted by molar-refractivity contribution is -0.137. The van der Waals surface area contributed by atoms with Crippen molar-refractivity contribution in [3.63, 3.8) is 0 Å². The number of hydrogen-bond donors (Lipinski definition) is 1. The number of amides is 1. The molecule has 0 aliphatic carbocycles. The zero-order chi connectivity index (χ0) is 15.8. The molecule has 1 aliphatic rings. The third-order valence-corrected chi connectivity index (χ3v) is 3.65. The van der Waals surface area contributed by atoms with Gasteiger partial charge in [-0.25, -0.2) is 0 Å². The lowest BCUT2D eigenvalue weighted by Gasteiger charge is -2.21. The van der Waals surface area contributed by atoms with Crippen LogP contribution < -0.4 is 0 Å². The minimum absolute atomic E-state index is 0.0172. The van der Waals surface area contributed by atoms with Gasteiger partial charge in [0, 0.05) is 18.7 Å². The molecule has 1 N–H and O–H groups in total. The minimum atomic E-state index is -4.48. The molecule has 0 spiro atoms. The number of likely N-dealkylation sites (tertiary alicyclic amines) is 1. The van der Waals surface area contributed by atoms with Gasteiger partial charge in [0.15, 0.2) is 0 Å². The van der Waals surface area contributed by atoms with Crippen molar-refractivity contribution in [3.05, 3.63) is 35.4 Å². The Labute approximate surface area is 120 Å². The summed E-state index contributed by atoms with van der Waals surface area (Å²) in [5.74, 6) is -0.496. The van der Waals surface area contributed by atoms with Gasteiger partial charge >= 0.3 is 6.18 Å². The maximum atomic E-state index is 12.7. The number of aliphatic hydroxyl groups excluding tert-OH is 1. The summed E-state index contributed by atoms with van der Waals surface area (Å²) < 4.78 is 38.0. The van der Waals surface area contributed by atoms with E-state index in [1.807, 2.05) is 0 Å². The Balaban J connectivity index is 2.18. The molecule has 7 heteroatoms. The van der Waals surface area contributed by atoms with Crippen LogP contribution >= 0.6 is 0 Å². The Kier molecular flexibility index (Phi) is 4.25. The van der Waals surface area contributed by atoms with Gasteiger partial charge in [-0.3, -0.25) is 4.79 Å². The number of aliphatic hydroxyl groups is 1. The fourth-order valence-corrected chi connectivity index (χ4v) is 2.45. The highest BCUT2D eigenvalue weighted by Gasteiger charge is 2.36. The van der Waals surface area contributed by atoms with E-state index >= 15 is 0 Å². The first-order valence-corrected chi connectivity index (χ1v) is 6.51. The van der Waals surface area contributed by atoms with Crippen LogP contribution in [0.15, 0.2) is 24.3 Å². The van der Waals surface area contributed by atoms with Crippen molar-refractivity contribution >= 4 is 5.91 Å². The molecule has 1 amide bonds. The number of benzene rings is 1. The summed E-state index contributed by atoms with van der Waals surface area (Å²) in [5.41, 5.74) is -0.867. The number of halogens is 3. The lowest BCUT2D eigenvalue weighted by Crippen LogP contribution is -2.38. The summed E-state index contributed by atoms with van der Waals surface area (Å²) in [7, 11) is 3.57. The van der Waals surface area contributed by atoms with Crippen LogP contribution in [-0.2, 0) is 6.18 Å². The normalized spacial score (nSPS) is 22.9. The predicted molar refractivity (Wildman–Crippen MR) is 70.8 cm³/mol. The number of alkyl halides is 3. The quantitative estimate of drug-likeness (QED) is 0.899. The third-order valence-electron chi connectivity index (χ3n) is 3.65. The van der Waals surface area contributed by atoms with Gasteiger partial charge < -0.3 is 14.9 Å². The van der Waals surface area contributed by atoms with E-state index in [0.29, 0.717) is 6.54 Å². The summed E-state index contributed by atoms with van der Waals surface area (Å²) in [6.45, 7) is 0.418. The van der Waals surface area contributed by atoms with Crippen LogP contribution in [0.1, 0.15) is 15.9 Å². The average Bonchev–Trinajstić information content (AvgIpc) is 2.79. The molecule has 0 bridgehead atoms. The molecule has 0 saturated carbocycles. The second-order valence-electron chi connectivity index (χ2n) is 5.39. The van der Waals surface area contributed by atoms with Crippen LogP contribution in [0.2, 0.25) is 0 Å². The van der Waals surface area contributed by atoms with Gasteiger partial charge in [0.25, 0.3) is 5.91 Å². The second-order valence-corrected chi connectivity index (χ2v) is 5.39. The average molecular weight is 302 g/mol. The molecule has 2 atom stereocenters. The fourth-order valence-electron chi connectivity index (χ4n) is 2.45. The highest BCUT2D eigenvalue weighted by molar-refractivity contribution is 5.94. The van der Waals surface area contributed by atoms with Crippen molar-refractivity contribution in [2.75, 3.05) is 27.2 Å². The Hall–Kier alpha value is -1.60. The largest absolute Gasteiger partial charge is 0.416 e. The van der Waals surface area contributed by atoms with Crippen LogP contribution in [0.25, 0.3) is 0 Å². The highest BCUT2D eigenvalue weighted by Crippen LogP contribution is 2.30. The van der Waals surface area contributed by atoms with Gasteiger partial charge in [-0.1, -0.05) is 6.07 Å². The number of carbonyl (C=O) groups is 1. The van der Waals surface area contributed by atoms with E-state index in [-0.39, 0.29) is 18.2 Å². The number of hydrogen-bond acceptors (Lipinski definition) is 3. The van der Waals surface area contributed by atoms with E-state index in [0.717, 1.165) is 12.1 Å². The number of rotatable bonds is 2. The van der Waals surface area contributed by atoms with Gasteiger partial charge in [-0.15, -0.1) is 0 Å². The van der Waals surface area contributed by atoms with Crippen LogP contribution in [0.5, 0.6) is 0 Å². The molecule has 0 unspecified atom stereocenters. The zero-order valence-corrected chi connectivity index (χ0v) is 11.8. The predicted octanol–water partition coefficient (Wildman–Crippen LogP) is 1.45. The van der Waals surface area contributed by atoms with Gasteiger partial charge in [0.05, 0.1) is 17.7 Å². The Morgan fingerprint density at radius 3 is 2.52 bits per heavy atom. The first kappa shape index (κ1) is 15.8. The monoisotopic (exact) mass is 302 g/mol. The van der Waals surface area contributed by atoms with Crippen molar-refractivity contribution in [2.24, 2.45) is 0 Å². The molecule has 1 aromatic carbocycles. The van der Waals surface area contributed by atoms with E-state index in [4.69, 9.17) is 0 Å². The molecular weight excluding hydrogens is 285 g/mol. The Bertz CT molecular complexity index is 531. The first-order chi connectivity index (χ1) is 9.70. The summed E-state index contributed by atoms with van der Waals surface area (Å²) >= 11 is 0.